The van der Waals surface area contributed by atoms with Gasteiger partial charge in [-0.25, -0.2) is 4.79 Å². The van der Waals surface area contributed by atoms with E-state index < -0.39 is 0 Å². The van der Waals surface area contributed by atoms with Crippen molar-refractivity contribution in [1.82, 2.24) is 14.7 Å². The van der Waals surface area contributed by atoms with E-state index in [0.29, 0.717) is 55.2 Å². The van der Waals surface area contributed by atoms with Crippen LogP contribution in [-0.4, -0.2) is 72.9 Å². The van der Waals surface area contributed by atoms with Crippen molar-refractivity contribution in [1.29, 1.82) is 0 Å². The van der Waals surface area contributed by atoms with Crippen LogP contribution in [-0.2, 0) is 13.0 Å². The monoisotopic (exact) mass is 477 g/mol. The van der Waals surface area contributed by atoms with Crippen LogP contribution in [0.3, 0.4) is 0 Å². The van der Waals surface area contributed by atoms with Crippen molar-refractivity contribution in [3.8, 4) is 11.5 Å². The predicted octanol–water partition coefficient (Wildman–Crippen LogP) is 3.58. The van der Waals surface area contributed by atoms with Crippen LogP contribution in [0.25, 0.3) is 0 Å². The lowest BCUT2D eigenvalue weighted by Gasteiger charge is -2.38. The number of urea groups is 1. The van der Waals surface area contributed by atoms with Gasteiger partial charge >= 0.3 is 6.03 Å². The Balaban J connectivity index is 1.19. The molecule has 4 amide bonds. The van der Waals surface area contributed by atoms with Gasteiger partial charge in [0.15, 0.2) is 11.5 Å². The third-order valence-electron chi connectivity index (χ3n) is 7.42. The summed E-state index contributed by atoms with van der Waals surface area (Å²) in [5.74, 6) is 1.22. The van der Waals surface area contributed by atoms with Crippen LogP contribution in [0.1, 0.15) is 51.1 Å². The quantitative estimate of drug-likeness (QED) is 0.615. The second kappa shape index (κ2) is 9.60. The van der Waals surface area contributed by atoms with Crippen molar-refractivity contribution < 1.29 is 23.9 Å². The van der Waals surface area contributed by atoms with Crippen molar-refractivity contribution >= 4 is 17.8 Å². The summed E-state index contributed by atoms with van der Waals surface area (Å²) < 4.78 is 10.9. The fourth-order valence-electron chi connectivity index (χ4n) is 5.47. The molecule has 3 heterocycles. The van der Waals surface area contributed by atoms with Crippen LogP contribution >= 0.6 is 0 Å². The first kappa shape index (κ1) is 23.2. The number of hydrogen-bond acceptors (Lipinski definition) is 5. The van der Waals surface area contributed by atoms with Crippen molar-refractivity contribution in [2.24, 2.45) is 5.92 Å². The van der Waals surface area contributed by atoms with Crippen molar-refractivity contribution in [2.45, 2.75) is 32.2 Å². The predicted molar refractivity (Wildman–Crippen MR) is 130 cm³/mol. The van der Waals surface area contributed by atoms with Gasteiger partial charge < -0.3 is 19.3 Å². The van der Waals surface area contributed by atoms with E-state index in [4.69, 9.17) is 9.47 Å². The fourth-order valence-corrected chi connectivity index (χ4v) is 5.47. The maximum absolute atomic E-state index is 13.4. The second-order valence-electron chi connectivity index (χ2n) is 9.48. The number of carbonyl (C=O) groups excluding carboxylic acids is 3. The minimum Gasteiger partial charge on any atom is -0.493 e. The molecule has 8 heteroatoms. The number of hydrogen-bond donors (Lipinski definition) is 0. The Hall–Kier alpha value is -3.55. The van der Waals surface area contributed by atoms with Gasteiger partial charge in [0.2, 0.25) is 0 Å². The topological polar surface area (TPSA) is 79.4 Å². The number of likely N-dealkylation sites (tertiary alicyclic amines) is 1. The first-order valence-corrected chi connectivity index (χ1v) is 12.2. The molecule has 0 radical (unpaired) electrons. The number of piperidine rings is 1. The van der Waals surface area contributed by atoms with Crippen molar-refractivity contribution in [3.05, 3.63) is 58.7 Å². The molecule has 1 unspecified atom stereocenters. The molecule has 0 saturated carbocycles. The minimum absolute atomic E-state index is 0.0517. The first-order chi connectivity index (χ1) is 17.0. The molecule has 0 N–H and O–H groups in total. The summed E-state index contributed by atoms with van der Waals surface area (Å²) in [7, 11) is 3.25. The lowest BCUT2D eigenvalue weighted by molar-refractivity contribution is 0.0632. The van der Waals surface area contributed by atoms with Gasteiger partial charge in [-0.2, -0.15) is 0 Å². The second-order valence-corrected chi connectivity index (χ2v) is 9.48. The zero-order valence-electron chi connectivity index (χ0n) is 20.3. The van der Waals surface area contributed by atoms with Crippen LogP contribution in [0.2, 0.25) is 0 Å². The number of ether oxygens (including phenoxy) is 2. The largest absolute Gasteiger partial charge is 0.493 e. The summed E-state index contributed by atoms with van der Waals surface area (Å²) in [5, 5.41) is 0. The number of methoxy groups -OCH3 is 2. The zero-order valence-corrected chi connectivity index (χ0v) is 20.3. The van der Waals surface area contributed by atoms with Crippen LogP contribution in [0.4, 0.5) is 4.79 Å². The fraction of sp³-hybridized carbons (Fsp3) is 0.444. The smallest absolute Gasteiger partial charge is 0.320 e. The maximum atomic E-state index is 13.4. The van der Waals surface area contributed by atoms with E-state index in [1.165, 1.54) is 10.5 Å². The molecule has 35 heavy (non-hydrogen) atoms. The molecule has 0 spiro atoms. The maximum Gasteiger partial charge on any atom is 0.320 e. The SMILES string of the molecule is COc1cc2c(cc1OC)CN(C(=O)N1CCCC(CCN3C(=O)c4ccccc4C3=O)C1)CC2. The Bertz CT molecular complexity index is 1130. The van der Waals surface area contributed by atoms with Gasteiger partial charge in [-0.15, -0.1) is 0 Å². The van der Waals surface area contributed by atoms with Crippen LogP contribution in [0, 0.1) is 5.92 Å². The van der Waals surface area contributed by atoms with Crippen LogP contribution < -0.4 is 9.47 Å². The summed E-state index contributed by atoms with van der Waals surface area (Å²) in [6.07, 6.45) is 3.40. The van der Waals surface area contributed by atoms with Crippen LogP contribution in [0.5, 0.6) is 11.5 Å². The highest BCUT2D eigenvalue weighted by Crippen LogP contribution is 2.34. The Morgan fingerprint density at radius 3 is 2.26 bits per heavy atom. The summed E-state index contributed by atoms with van der Waals surface area (Å²) in [4.78, 5) is 43.9. The normalized spacial score (nSPS) is 19.5. The van der Waals surface area contributed by atoms with Gasteiger partial charge in [0.1, 0.15) is 0 Å². The molecule has 2 aromatic carbocycles. The molecule has 0 bridgehead atoms. The molecule has 8 nitrogen and oxygen atoms in total. The highest BCUT2D eigenvalue weighted by Gasteiger charge is 2.36. The van der Waals surface area contributed by atoms with E-state index in [2.05, 4.69) is 0 Å². The van der Waals surface area contributed by atoms with E-state index in [1.54, 1.807) is 38.5 Å². The van der Waals surface area contributed by atoms with Crippen molar-refractivity contribution in [2.75, 3.05) is 40.4 Å². The average Bonchev–Trinajstić information content (AvgIpc) is 3.15. The van der Waals surface area contributed by atoms with Gasteiger partial charge in [-0.1, -0.05) is 12.1 Å². The Labute approximate surface area is 205 Å². The van der Waals surface area contributed by atoms with E-state index >= 15 is 0 Å². The minimum atomic E-state index is -0.214. The molecule has 1 fully saturated rings. The van der Waals surface area contributed by atoms with Crippen LogP contribution in [0.15, 0.2) is 36.4 Å². The summed E-state index contributed by atoms with van der Waals surface area (Å²) >= 11 is 0. The molecule has 3 aliphatic rings. The number of fused-ring (bicyclic) bond motifs is 2. The number of rotatable bonds is 5. The lowest BCUT2D eigenvalue weighted by atomic mass is 9.94. The molecular formula is C27H31N3O5. The number of benzene rings is 2. The number of carbonyl (C=O) groups is 3. The van der Waals surface area contributed by atoms with E-state index in [9.17, 15) is 14.4 Å². The number of nitrogens with zero attached hydrogens (tertiary/aromatic N) is 3. The molecule has 5 rings (SSSR count). The molecular weight excluding hydrogens is 446 g/mol. The number of amides is 4. The summed E-state index contributed by atoms with van der Waals surface area (Å²) in [6.45, 7) is 2.98. The third kappa shape index (κ3) is 4.33. The summed E-state index contributed by atoms with van der Waals surface area (Å²) in [6, 6.07) is 11.0. The molecule has 184 valence electrons. The Morgan fingerprint density at radius 1 is 0.943 bits per heavy atom. The summed E-state index contributed by atoms with van der Waals surface area (Å²) in [5.41, 5.74) is 3.24. The van der Waals surface area contributed by atoms with E-state index in [-0.39, 0.29) is 23.8 Å². The van der Waals surface area contributed by atoms with Gasteiger partial charge in [0.25, 0.3) is 11.8 Å². The van der Waals surface area contributed by atoms with Gasteiger partial charge in [-0.05, 0) is 67.0 Å². The molecule has 0 aromatic heterocycles. The van der Waals surface area contributed by atoms with Gasteiger partial charge in [0, 0.05) is 32.7 Å². The molecule has 3 aliphatic heterocycles. The third-order valence-corrected chi connectivity index (χ3v) is 7.42. The standard InChI is InChI=1S/C27H31N3O5/c1-34-23-14-19-10-12-29(17-20(19)15-24(23)35-2)27(33)28-11-5-6-18(16-28)9-13-30-25(31)21-7-3-4-8-22(21)26(30)32/h3-4,7-8,14-15,18H,5-6,9-13,16-17H2,1-2H3. The van der Waals surface area contributed by atoms with Crippen molar-refractivity contribution in [3.63, 3.8) is 0 Å². The molecule has 2 aromatic rings. The highest BCUT2D eigenvalue weighted by molar-refractivity contribution is 6.21. The Kier molecular flexibility index (Phi) is 6.36. The molecule has 1 saturated heterocycles. The molecule has 0 aliphatic carbocycles. The average molecular weight is 478 g/mol. The lowest BCUT2D eigenvalue weighted by Crippen LogP contribution is -2.49. The van der Waals surface area contributed by atoms with E-state index in [0.717, 1.165) is 31.4 Å². The highest BCUT2D eigenvalue weighted by atomic mass is 16.5. The van der Waals surface area contributed by atoms with Gasteiger partial charge in [-0.3, -0.25) is 14.5 Å². The first-order valence-electron chi connectivity index (χ1n) is 12.2. The van der Waals surface area contributed by atoms with E-state index in [1.807, 2.05) is 21.9 Å². The Morgan fingerprint density at radius 2 is 1.60 bits per heavy atom. The number of imide groups is 1. The molecule has 1 atom stereocenters. The zero-order chi connectivity index (χ0) is 24.5. The van der Waals surface area contributed by atoms with Gasteiger partial charge in [0.05, 0.1) is 25.3 Å².